The fourth-order valence-corrected chi connectivity index (χ4v) is 14.7. The number of ketones is 1. The Labute approximate surface area is 302 Å². The molecule has 0 amide bonds. The van der Waals surface area contributed by atoms with Crippen LogP contribution in [0.5, 0.6) is 0 Å². The summed E-state index contributed by atoms with van der Waals surface area (Å²) >= 11 is 0. The maximum atomic E-state index is 14.0. The van der Waals surface area contributed by atoms with E-state index in [-0.39, 0.29) is 33.2 Å². The van der Waals surface area contributed by atoms with Crippen molar-refractivity contribution in [3.8, 4) is 0 Å². The summed E-state index contributed by atoms with van der Waals surface area (Å²) < 4.78 is 14.0. The van der Waals surface area contributed by atoms with Gasteiger partial charge in [-0.3, -0.25) is 9.59 Å². The molecule has 0 spiro atoms. The minimum absolute atomic E-state index is 0.00236. The lowest BCUT2D eigenvalue weighted by molar-refractivity contribution is -0.221. The maximum Gasteiger partial charge on any atom is 0.312 e. The van der Waals surface area contributed by atoms with Gasteiger partial charge in [0, 0.05) is 18.5 Å². The highest BCUT2D eigenvalue weighted by molar-refractivity contribution is 5.86. The van der Waals surface area contributed by atoms with Crippen LogP contribution in [0, 0.1) is 56.7 Å². The number of carbonyl (C=O) groups excluding carboxylic acids is 1. The van der Waals surface area contributed by atoms with Crippen LogP contribution in [0.4, 0.5) is 4.39 Å². The Morgan fingerprint density at radius 3 is 2.38 bits per heavy atom. The first-order valence-electron chi connectivity index (χ1n) is 20.4. The van der Waals surface area contributed by atoms with Crippen LogP contribution in [0.15, 0.2) is 35.5 Å². The van der Waals surface area contributed by atoms with Gasteiger partial charge in [-0.15, -0.1) is 0 Å². The number of Topliss-reactive ketones (excluding diaryl/α,β-unsaturated/α-hetero) is 1. The topological polar surface area (TPSA) is 78.4 Å². The first-order chi connectivity index (χ1) is 23.6. The van der Waals surface area contributed by atoms with Gasteiger partial charge in [0.2, 0.25) is 0 Å². The van der Waals surface area contributed by atoms with Crippen molar-refractivity contribution in [3.63, 3.8) is 0 Å². The zero-order chi connectivity index (χ0) is 35.9. The molecule has 5 fully saturated rings. The second kappa shape index (κ2) is 12.7. The minimum atomic E-state index is -1.25. The van der Waals surface area contributed by atoms with Crippen molar-refractivity contribution in [2.45, 2.75) is 149 Å². The number of aliphatic carboxylic acids is 1. The number of halogens is 1. The molecule has 0 aromatic heterocycles. The fourth-order valence-electron chi connectivity index (χ4n) is 14.7. The Morgan fingerprint density at radius 1 is 0.960 bits per heavy atom. The molecular weight excluding hydrogens is 623 g/mol. The molecular formula is C44H67FN2O3. The zero-order valence-corrected chi connectivity index (χ0v) is 32.2. The Morgan fingerprint density at radius 2 is 1.74 bits per heavy atom. The summed E-state index contributed by atoms with van der Waals surface area (Å²) in [5.74, 6) is 2.54. The molecule has 6 heteroatoms. The number of hydrogen-bond acceptors (Lipinski definition) is 4. The van der Waals surface area contributed by atoms with Crippen LogP contribution in [-0.2, 0) is 9.59 Å². The van der Waals surface area contributed by atoms with E-state index in [2.05, 4.69) is 70.9 Å². The average Bonchev–Trinajstić information content (AvgIpc) is 3.66. The van der Waals surface area contributed by atoms with Gasteiger partial charge in [-0.2, -0.15) is 0 Å². The van der Waals surface area contributed by atoms with Crippen molar-refractivity contribution < 1.29 is 19.1 Å². The highest BCUT2D eigenvalue weighted by Gasteiger charge is 2.70. The van der Waals surface area contributed by atoms with Crippen LogP contribution < -0.4 is 10.6 Å². The van der Waals surface area contributed by atoms with Gasteiger partial charge in [-0.25, -0.2) is 4.39 Å². The predicted octanol–water partition coefficient (Wildman–Crippen LogP) is 9.38. The van der Waals surface area contributed by atoms with Gasteiger partial charge >= 0.3 is 5.97 Å². The lowest BCUT2D eigenvalue weighted by atomic mass is 9.33. The van der Waals surface area contributed by atoms with Gasteiger partial charge in [-0.05, 0) is 166 Å². The summed E-state index contributed by atoms with van der Waals surface area (Å²) in [6.45, 7) is 20.9. The van der Waals surface area contributed by atoms with E-state index in [4.69, 9.17) is 0 Å². The molecule has 0 aromatic carbocycles. The Kier molecular flexibility index (Phi) is 9.26. The lowest BCUT2D eigenvalue weighted by Gasteiger charge is -2.72. The molecule has 1 unspecified atom stereocenters. The molecule has 0 bridgehead atoms. The van der Waals surface area contributed by atoms with E-state index in [1.54, 1.807) is 0 Å². The van der Waals surface area contributed by atoms with E-state index in [1.807, 2.05) is 0 Å². The van der Waals surface area contributed by atoms with Crippen molar-refractivity contribution in [2.24, 2.45) is 56.7 Å². The number of hydrogen-bond donors (Lipinski definition) is 3. The van der Waals surface area contributed by atoms with Crippen LogP contribution in [0.3, 0.4) is 0 Å². The monoisotopic (exact) mass is 691 g/mol. The Bertz CT molecular complexity index is 1470. The van der Waals surface area contributed by atoms with Crippen molar-refractivity contribution in [3.05, 3.63) is 35.5 Å². The normalized spacial score (nSPS) is 46.6. The summed E-state index contributed by atoms with van der Waals surface area (Å²) in [6.07, 6.45) is 19.9. The SMILES string of the molecule is C=C(C)[C@@H]1CC[C@]2(NCCCC3NCCC3=O)CC[C@]3(C)[C@H](CC[C@@H]4[C@@]5(C)CC=C(C6=CC[C@](CF)(C(=O)O)CC6)C(C)(C)[C@@H]5CC[C@]43C)[C@@H]12. The molecule has 3 N–H and O–H groups in total. The molecule has 1 heterocycles. The lowest BCUT2D eigenvalue weighted by Crippen LogP contribution is -2.68. The quantitative estimate of drug-likeness (QED) is 0.166. The summed E-state index contributed by atoms with van der Waals surface area (Å²) in [4.78, 5) is 24.2. The molecule has 278 valence electrons. The third-order valence-electron chi connectivity index (χ3n) is 17.6. The molecule has 1 aliphatic heterocycles. The zero-order valence-electron chi connectivity index (χ0n) is 32.2. The largest absolute Gasteiger partial charge is 0.481 e. The van der Waals surface area contributed by atoms with Gasteiger partial charge in [-0.1, -0.05) is 58.9 Å². The summed E-state index contributed by atoms with van der Waals surface area (Å²) in [5.41, 5.74) is 3.78. The second-order valence-corrected chi connectivity index (χ2v) is 19.8. The van der Waals surface area contributed by atoms with Crippen LogP contribution in [0.2, 0.25) is 0 Å². The molecule has 6 aliphatic carbocycles. The average molecular weight is 691 g/mol. The molecule has 1 saturated heterocycles. The number of nitrogens with one attached hydrogen (secondary N) is 2. The second-order valence-electron chi connectivity index (χ2n) is 19.8. The van der Waals surface area contributed by atoms with E-state index in [9.17, 15) is 19.1 Å². The molecule has 4 saturated carbocycles. The van der Waals surface area contributed by atoms with Crippen LogP contribution >= 0.6 is 0 Å². The van der Waals surface area contributed by atoms with E-state index in [1.165, 1.54) is 68.1 Å². The smallest absolute Gasteiger partial charge is 0.312 e. The molecule has 5 nitrogen and oxygen atoms in total. The van der Waals surface area contributed by atoms with E-state index in [0.29, 0.717) is 61.1 Å². The van der Waals surface area contributed by atoms with Gasteiger partial charge in [0.25, 0.3) is 0 Å². The van der Waals surface area contributed by atoms with E-state index >= 15 is 0 Å². The molecule has 11 atom stereocenters. The van der Waals surface area contributed by atoms with Crippen LogP contribution in [-0.4, -0.2) is 48.2 Å². The fraction of sp³-hybridized carbons (Fsp3) is 0.818. The number of allylic oxidation sites excluding steroid dienone is 5. The molecule has 50 heavy (non-hydrogen) atoms. The van der Waals surface area contributed by atoms with Crippen molar-refractivity contribution in [2.75, 3.05) is 19.8 Å². The Balaban J connectivity index is 1.13. The summed E-state index contributed by atoms with van der Waals surface area (Å²) in [6, 6.07) is 0.0612. The van der Waals surface area contributed by atoms with E-state index < -0.39 is 18.1 Å². The predicted molar refractivity (Wildman–Crippen MR) is 199 cm³/mol. The molecule has 0 radical (unpaired) electrons. The standard InChI is InChI=1S/C44H67FN2O3/c1-28(2)30-14-22-44(47-25-8-9-33-34(48)17-26-46-33)24-23-41(6)32(37(30)44)10-11-36-40(5)18-15-31(39(3,4)35(40)16-19-42(36,41)7)29-12-20-43(27-45,21-13-29)38(49)50/h12,15,30,32-33,35-37,46-47H,1,8-11,13-14,16-27H2,2-7H3,(H,49,50)/t30-,32+,33?,35-,36+,37+,40-,41+,42+,43-,44-/m0/s1. The van der Waals surface area contributed by atoms with Crippen LogP contribution in [0.1, 0.15) is 138 Å². The van der Waals surface area contributed by atoms with Gasteiger partial charge in [0.1, 0.15) is 6.67 Å². The van der Waals surface area contributed by atoms with Crippen LogP contribution in [0.25, 0.3) is 0 Å². The summed E-state index contributed by atoms with van der Waals surface area (Å²) in [5, 5.41) is 17.4. The number of carboxylic acid groups (broad SMARTS) is 1. The molecule has 7 rings (SSSR count). The highest BCUT2D eigenvalue weighted by Crippen LogP contribution is 2.76. The number of rotatable bonds is 9. The number of fused-ring (bicyclic) bond motifs is 7. The van der Waals surface area contributed by atoms with Crippen molar-refractivity contribution in [1.29, 1.82) is 0 Å². The number of alkyl halides is 1. The maximum absolute atomic E-state index is 14.0. The van der Waals surface area contributed by atoms with Gasteiger partial charge < -0.3 is 15.7 Å². The first-order valence-corrected chi connectivity index (χ1v) is 20.4. The highest BCUT2D eigenvalue weighted by atomic mass is 19.1. The van der Waals surface area contributed by atoms with E-state index in [0.717, 1.165) is 32.4 Å². The van der Waals surface area contributed by atoms with Gasteiger partial charge in [0.15, 0.2) is 5.78 Å². The third kappa shape index (κ3) is 5.24. The van der Waals surface area contributed by atoms with Gasteiger partial charge in [0.05, 0.1) is 11.5 Å². The summed E-state index contributed by atoms with van der Waals surface area (Å²) in [7, 11) is 0. The molecule has 7 aliphatic rings. The van der Waals surface area contributed by atoms with Crippen molar-refractivity contribution in [1.82, 2.24) is 10.6 Å². The number of carbonyl (C=O) groups is 2. The minimum Gasteiger partial charge on any atom is -0.481 e. The number of carboxylic acids is 1. The third-order valence-corrected chi connectivity index (χ3v) is 17.6. The Hall–Kier alpha value is -1.79. The molecule has 0 aromatic rings. The first kappa shape index (κ1) is 36.6. The van der Waals surface area contributed by atoms with Crippen molar-refractivity contribution >= 4 is 11.8 Å².